The highest BCUT2D eigenvalue weighted by Crippen LogP contribution is 2.30. The lowest BCUT2D eigenvalue weighted by Crippen LogP contribution is -2.15. The number of pyridine rings is 1. The van der Waals surface area contributed by atoms with Gasteiger partial charge >= 0.3 is 6.18 Å². The van der Waals surface area contributed by atoms with E-state index in [0.717, 1.165) is 10.7 Å². The number of aryl methyl sites for hydroxylation is 1. The van der Waals surface area contributed by atoms with E-state index in [-0.39, 0.29) is 22.4 Å². The molecule has 0 saturated carbocycles. The number of hydrogen-bond donors (Lipinski definition) is 2. The van der Waals surface area contributed by atoms with E-state index in [2.05, 4.69) is 35.6 Å². The van der Waals surface area contributed by atoms with Gasteiger partial charge in [-0.2, -0.15) is 18.3 Å². The summed E-state index contributed by atoms with van der Waals surface area (Å²) in [6, 6.07) is 2.32. The molecule has 0 fully saturated rings. The first-order valence-electron chi connectivity index (χ1n) is 8.40. The van der Waals surface area contributed by atoms with Gasteiger partial charge in [0, 0.05) is 26.3 Å². The monoisotopic (exact) mass is 405 g/mol. The lowest BCUT2D eigenvalue weighted by atomic mass is 10.2. The Hall–Kier alpha value is -3.77. The summed E-state index contributed by atoms with van der Waals surface area (Å²) in [6.07, 6.45) is -0.0463. The second-order valence-corrected chi connectivity index (χ2v) is 6.13. The summed E-state index contributed by atoms with van der Waals surface area (Å²) in [7, 11) is 1.34. The number of nitrogens with zero attached hydrogens (tertiary/aromatic N) is 7. The van der Waals surface area contributed by atoms with Crippen LogP contribution in [-0.4, -0.2) is 46.0 Å². The van der Waals surface area contributed by atoms with Crippen LogP contribution < -0.4 is 10.9 Å². The van der Waals surface area contributed by atoms with E-state index in [0.29, 0.717) is 18.9 Å². The number of halogens is 3. The number of rotatable bonds is 5. The van der Waals surface area contributed by atoms with Crippen LogP contribution in [0.4, 0.5) is 19.0 Å². The van der Waals surface area contributed by atoms with E-state index in [1.165, 1.54) is 19.3 Å². The number of H-pyrrole nitrogens is 1. The van der Waals surface area contributed by atoms with E-state index < -0.39 is 17.4 Å². The van der Waals surface area contributed by atoms with Gasteiger partial charge in [-0.3, -0.25) is 9.48 Å². The van der Waals surface area contributed by atoms with E-state index in [1.54, 1.807) is 17.2 Å². The van der Waals surface area contributed by atoms with Crippen molar-refractivity contribution in [1.82, 2.24) is 39.5 Å². The molecule has 0 aliphatic rings. The van der Waals surface area contributed by atoms with Gasteiger partial charge in [0.05, 0.1) is 5.39 Å². The molecule has 0 saturated heterocycles. The molecule has 2 N–H and O–H groups in total. The van der Waals surface area contributed by atoms with Crippen LogP contribution in [-0.2, 0) is 19.8 Å². The number of anilines is 1. The third-order valence-corrected chi connectivity index (χ3v) is 4.17. The minimum Gasteiger partial charge on any atom is -0.366 e. The Labute approximate surface area is 160 Å². The van der Waals surface area contributed by atoms with Gasteiger partial charge < -0.3 is 14.9 Å². The summed E-state index contributed by atoms with van der Waals surface area (Å²) in [5.41, 5.74) is -1.30. The second-order valence-electron chi connectivity index (χ2n) is 6.13. The largest absolute Gasteiger partial charge is 0.435 e. The zero-order valence-corrected chi connectivity index (χ0v) is 15.0. The van der Waals surface area contributed by atoms with Crippen molar-refractivity contribution in [2.24, 2.45) is 7.05 Å². The minimum absolute atomic E-state index is 0.0237. The molecule has 0 spiro atoms. The summed E-state index contributed by atoms with van der Waals surface area (Å²) in [6.45, 7) is 0.982. The van der Waals surface area contributed by atoms with Gasteiger partial charge in [0.25, 0.3) is 5.56 Å². The molecular weight excluding hydrogens is 391 g/mol. The van der Waals surface area contributed by atoms with Crippen LogP contribution in [0.5, 0.6) is 0 Å². The number of aromatic amines is 1. The molecule has 150 valence electrons. The molecule has 4 rings (SSSR count). The van der Waals surface area contributed by atoms with Crippen molar-refractivity contribution in [3.05, 3.63) is 47.0 Å². The van der Waals surface area contributed by atoms with Crippen molar-refractivity contribution in [2.75, 3.05) is 11.9 Å². The van der Waals surface area contributed by atoms with Crippen molar-refractivity contribution in [3.8, 4) is 11.5 Å². The highest BCUT2D eigenvalue weighted by Gasteiger charge is 2.35. The van der Waals surface area contributed by atoms with Crippen LogP contribution in [0.1, 0.15) is 5.69 Å². The van der Waals surface area contributed by atoms with Crippen LogP contribution in [0.3, 0.4) is 0 Å². The Morgan fingerprint density at radius 1 is 1.24 bits per heavy atom. The van der Waals surface area contributed by atoms with Crippen molar-refractivity contribution in [1.29, 1.82) is 0 Å². The van der Waals surface area contributed by atoms with Gasteiger partial charge in [0.2, 0.25) is 0 Å². The number of aromatic nitrogens is 8. The molecule has 29 heavy (non-hydrogen) atoms. The quantitative estimate of drug-likeness (QED) is 0.516. The molecular formula is C16H14F3N9O. The summed E-state index contributed by atoms with van der Waals surface area (Å²) in [5, 5.41) is 14.2. The molecule has 13 heteroatoms. The van der Waals surface area contributed by atoms with E-state index in [4.69, 9.17) is 0 Å². The maximum absolute atomic E-state index is 13.0. The third-order valence-electron chi connectivity index (χ3n) is 4.17. The molecule has 10 nitrogen and oxygen atoms in total. The molecule has 0 bridgehead atoms. The molecule has 0 atom stereocenters. The second kappa shape index (κ2) is 7.00. The van der Waals surface area contributed by atoms with E-state index >= 15 is 0 Å². The average molecular weight is 405 g/mol. The predicted octanol–water partition coefficient (Wildman–Crippen LogP) is 1.44. The van der Waals surface area contributed by atoms with Gasteiger partial charge in [-0.1, -0.05) is 0 Å². The van der Waals surface area contributed by atoms with E-state index in [1.807, 2.05) is 0 Å². The lowest BCUT2D eigenvalue weighted by molar-refractivity contribution is -0.141. The highest BCUT2D eigenvalue weighted by molar-refractivity contribution is 5.88. The van der Waals surface area contributed by atoms with Crippen LogP contribution >= 0.6 is 0 Å². The smallest absolute Gasteiger partial charge is 0.366 e. The van der Waals surface area contributed by atoms with E-state index in [9.17, 15) is 18.0 Å². The predicted molar refractivity (Wildman–Crippen MR) is 95.9 cm³/mol. The first kappa shape index (κ1) is 18.6. The number of alkyl halides is 3. The Balaban J connectivity index is 1.72. The van der Waals surface area contributed by atoms with Gasteiger partial charge in [-0.15, -0.1) is 10.2 Å². The summed E-state index contributed by atoms with van der Waals surface area (Å²) < 4.78 is 41.6. The first-order valence-corrected chi connectivity index (χ1v) is 8.40. The Bertz CT molecular complexity index is 1210. The van der Waals surface area contributed by atoms with Crippen LogP contribution in [0.2, 0.25) is 0 Å². The molecule has 0 aliphatic heterocycles. The van der Waals surface area contributed by atoms with Gasteiger partial charge in [-0.05, 0) is 12.1 Å². The maximum Gasteiger partial charge on any atom is 0.435 e. The minimum atomic E-state index is -4.61. The van der Waals surface area contributed by atoms with Crippen molar-refractivity contribution < 1.29 is 13.2 Å². The number of hydrogen-bond acceptors (Lipinski definition) is 7. The average Bonchev–Trinajstić information content (AvgIpc) is 3.31. The first-order chi connectivity index (χ1) is 13.8. The van der Waals surface area contributed by atoms with Gasteiger partial charge in [0.15, 0.2) is 17.3 Å². The topological polar surface area (TPSA) is 119 Å². The van der Waals surface area contributed by atoms with Crippen LogP contribution in [0.25, 0.3) is 22.4 Å². The summed E-state index contributed by atoms with van der Waals surface area (Å²) in [5.74, 6) is 0.295. The molecule has 0 aliphatic carbocycles. The molecule has 0 amide bonds. The fraction of sp³-hybridized carbons (Fsp3) is 0.250. The SMILES string of the molecule is Cn1nc(C(F)(F)F)cc1-c1nc2c(NCCn3cnnc3)nccc2c(=O)[nH]1. The Morgan fingerprint density at radius 2 is 2.00 bits per heavy atom. The maximum atomic E-state index is 13.0. The third kappa shape index (κ3) is 3.66. The normalized spacial score (nSPS) is 11.9. The highest BCUT2D eigenvalue weighted by atomic mass is 19.4. The lowest BCUT2D eigenvalue weighted by Gasteiger charge is -2.09. The van der Waals surface area contributed by atoms with Crippen molar-refractivity contribution >= 4 is 16.7 Å². The van der Waals surface area contributed by atoms with Gasteiger partial charge in [-0.25, -0.2) is 9.97 Å². The number of nitrogens with one attached hydrogen (secondary N) is 2. The standard InChI is InChI=1S/C16H14F3N9O/c1-27-10(6-11(26-27)16(17,18)19)13-24-12-9(15(29)25-13)2-3-20-14(12)21-4-5-28-7-22-23-8-28/h2-3,6-8H,4-5H2,1H3,(H,20,21)(H,24,25,29). The molecule has 4 aromatic rings. The molecule has 0 unspecified atom stereocenters. The van der Waals surface area contributed by atoms with Crippen molar-refractivity contribution in [2.45, 2.75) is 12.7 Å². The number of fused-ring (bicyclic) bond motifs is 1. The molecule has 0 aromatic carbocycles. The fourth-order valence-electron chi connectivity index (χ4n) is 2.78. The molecule has 0 radical (unpaired) electrons. The fourth-order valence-corrected chi connectivity index (χ4v) is 2.78. The zero-order chi connectivity index (χ0) is 20.6. The Kier molecular flexibility index (Phi) is 4.48. The van der Waals surface area contributed by atoms with Crippen LogP contribution in [0.15, 0.2) is 35.8 Å². The summed E-state index contributed by atoms with van der Waals surface area (Å²) >= 11 is 0. The summed E-state index contributed by atoms with van der Waals surface area (Å²) in [4.78, 5) is 23.5. The molecule has 4 heterocycles. The van der Waals surface area contributed by atoms with Gasteiger partial charge in [0.1, 0.15) is 23.9 Å². The van der Waals surface area contributed by atoms with Crippen LogP contribution in [0, 0.1) is 0 Å². The molecule has 4 aromatic heterocycles. The van der Waals surface area contributed by atoms with Crippen molar-refractivity contribution in [3.63, 3.8) is 0 Å². The Morgan fingerprint density at radius 3 is 2.69 bits per heavy atom. The zero-order valence-electron chi connectivity index (χ0n) is 15.0.